The number of nitrogens with one attached hydrogen (secondary N) is 1. The minimum atomic E-state index is 0.554. The van der Waals surface area contributed by atoms with Crippen molar-refractivity contribution in [3.63, 3.8) is 0 Å². The molecule has 2 aromatic rings. The molecule has 0 aliphatic heterocycles. The number of pyridine rings is 1. The highest BCUT2D eigenvalue weighted by molar-refractivity contribution is 6.30. The van der Waals surface area contributed by atoms with Gasteiger partial charge in [-0.05, 0) is 31.4 Å². The van der Waals surface area contributed by atoms with E-state index in [0.717, 1.165) is 5.65 Å². The van der Waals surface area contributed by atoms with Crippen molar-refractivity contribution < 1.29 is 0 Å². The van der Waals surface area contributed by atoms with Crippen LogP contribution in [-0.2, 0) is 0 Å². The molecule has 2 aromatic heterocycles. The van der Waals surface area contributed by atoms with Gasteiger partial charge in [0.05, 0.1) is 5.02 Å². The highest BCUT2D eigenvalue weighted by atomic mass is 35.5. The summed E-state index contributed by atoms with van der Waals surface area (Å²) < 4.78 is 1.70. The summed E-state index contributed by atoms with van der Waals surface area (Å²) in [5, 5.41) is 8.28. The standard InChI is InChI=1S/C10H11ClN4/c11-7-4-5-9-13-10(14-15(9)6-7)12-8-2-1-3-8/h4-6,8H,1-3H2,(H,12,14). The van der Waals surface area contributed by atoms with E-state index in [0.29, 0.717) is 17.0 Å². The molecule has 0 spiro atoms. The first-order valence-corrected chi connectivity index (χ1v) is 5.47. The molecule has 1 aliphatic rings. The summed E-state index contributed by atoms with van der Waals surface area (Å²) in [7, 11) is 0. The van der Waals surface area contributed by atoms with Gasteiger partial charge in [-0.3, -0.25) is 0 Å². The third-order valence-corrected chi connectivity index (χ3v) is 2.96. The van der Waals surface area contributed by atoms with Crippen molar-refractivity contribution in [2.24, 2.45) is 0 Å². The van der Waals surface area contributed by atoms with E-state index in [1.165, 1.54) is 19.3 Å². The van der Waals surface area contributed by atoms with Gasteiger partial charge < -0.3 is 5.32 Å². The maximum absolute atomic E-state index is 5.86. The predicted molar refractivity (Wildman–Crippen MR) is 59.3 cm³/mol. The molecule has 0 aromatic carbocycles. The van der Waals surface area contributed by atoms with Gasteiger partial charge in [-0.25, -0.2) is 4.52 Å². The molecular weight excluding hydrogens is 212 g/mol. The van der Waals surface area contributed by atoms with Gasteiger partial charge in [0.25, 0.3) is 0 Å². The number of hydrogen-bond donors (Lipinski definition) is 1. The first-order chi connectivity index (χ1) is 7.31. The molecule has 5 heteroatoms. The Labute approximate surface area is 92.3 Å². The van der Waals surface area contributed by atoms with Gasteiger partial charge in [-0.2, -0.15) is 4.98 Å². The zero-order chi connectivity index (χ0) is 10.3. The molecule has 1 saturated carbocycles. The Balaban J connectivity index is 1.91. The number of anilines is 1. The van der Waals surface area contributed by atoms with Crippen molar-refractivity contribution >= 4 is 23.2 Å². The van der Waals surface area contributed by atoms with Crippen LogP contribution in [0, 0.1) is 0 Å². The van der Waals surface area contributed by atoms with Crippen molar-refractivity contribution in [3.8, 4) is 0 Å². The summed E-state index contributed by atoms with van der Waals surface area (Å²) >= 11 is 5.86. The fraction of sp³-hybridized carbons (Fsp3) is 0.400. The van der Waals surface area contributed by atoms with Crippen LogP contribution in [0.25, 0.3) is 5.65 Å². The van der Waals surface area contributed by atoms with Crippen LogP contribution >= 0.6 is 11.6 Å². The van der Waals surface area contributed by atoms with E-state index in [2.05, 4.69) is 15.4 Å². The minimum Gasteiger partial charge on any atom is -0.350 e. The SMILES string of the molecule is Clc1ccc2nc(NC3CCC3)nn2c1. The fourth-order valence-corrected chi connectivity index (χ4v) is 1.81. The van der Waals surface area contributed by atoms with Crippen LogP contribution in [0.1, 0.15) is 19.3 Å². The van der Waals surface area contributed by atoms with Crippen LogP contribution in [0.3, 0.4) is 0 Å². The first-order valence-electron chi connectivity index (χ1n) is 5.10. The van der Waals surface area contributed by atoms with Crippen LogP contribution < -0.4 is 5.32 Å². The summed E-state index contributed by atoms with van der Waals surface area (Å²) in [6.45, 7) is 0. The van der Waals surface area contributed by atoms with Gasteiger partial charge >= 0.3 is 0 Å². The molecule has 0 unspecified atom stereocenters. The van der Waals surface area contributed by atoms with E-state index >= 15 is 0 Å². The van der Waals surface area contributed by atoms with Crippen molar-refractivity contribution in [2.45, 2.75) is 25.3 Å². The number of nitrogens with zero attached hydrogens (tertiary/aromatic N) is 3. The second-order valence-corrected chi connectivity index (χ2v) is 4.29. The molecule has 78 valence electrons. The van der Waals surface area contributed by atoms with Crippen molar-refractivity contribution in [1.82, 2.24) is 14.6 Å². The second-order valence-electron chi connectivity index (χ2n) is 3.86. The van der Waals surface area contributed by atoms with Gasteiger partial charge in [-0.15, -0.1) is 5.10 Å². The van der Waals surface area contributed by atoms with E-state index in [9.17, 15) is 0 Å². The van der Waals surface area contributed by atoms with E-state index in [4.69, 9.17) is 11.6 Å². The van der Waals surface area contributed by atoms with Crippen LogP contribution in [0.2, 0.25) is 5.02 Å². The lowest BCUT2D eigenvalue weighted by Gasteiger charge is -2.25. The van der Waals surface area contributed by atoms with E-state index in [-0.39, 0.29) is 0 Å². The molecule has 15 heavy (non-hydrogen) atoms. The second kappa shape index (κ2) is 3.38. The minimum absolute atomic E-state index is 0.554. The molecule has 0 saturated heterocycles. The van der Waals surface area contributed by atoms with Gasteiger partial charge in [0.15, 0.2) is 5.65 Å². The zero-order valence-corrected chi connectivity index (χ0v) is 8.91. The number of fused-ring (bicyclic) bond motifs is 1. The Morgan fingerprint density at radius 3 is 3.00 bits per heavy atom. The quantitative estimate of drug-likeness (QED) is 0.848. The van der Waals surface area contributed by atoms with Crippen molar-refractivity contribution in [3.05, 3.63) is 23.4 Å². The number of halogens is 1. The molecule has 0 radical (unpaired) electrons. The summed E-state index contributed by atoms with van der Waals surface area (Å²) in [6.07, 6.45) is 5.50. The topological polar surface area (TPSA) is 42.2 Å². The first kappa shape index (κ1) is 8.97. The largest absolute Gasteiger partial charge is 0.350 e. The maximum atomic E-state index is 5.86. The molecule has 2 heterocycles. The molecule has 3 rings (SSSR count). The molecule has 1 aliphatic carbocycles. The van der Waals surface area contributed by atoms with E-state index in [1.54, 1.807) is 10.7 Å². The third-order valence-electron chi connectivity index (χ3n) is 2.73. The lowest BCUT2D eigenvalue weighted by molar-refractivity contribution is 0.443. The zero-order valence-electron chi connectivity index (χ0n) is 8.15. The van der Waals surface area contributed by atoms with Crippen molar-refractivity contribution in [1.29, 1.82) is 0 Å². The van der Waals surface area contributed by atoms with Crippen LogP contribution in [0.5, 0.6) is 0 Å². The lowest BCUT2D eigenvalue weighted by Crippen LogP contribution is -2.27. The third kappa shape index (κ3) is 1.65. The Morgan fingerprint density at radius 1 is 1.40 bits per heavy atom. The molecule has 0 atom stereocenters. The lowest BCUT2D eigenvalue weighted by atomic mass is 9.93. The molecule has 1 fully saturated rings. The van der Waals surface area contributed by atoms with Gasteiger partial charge in [0.2, 0.25) is 5.95 Å². The summed E-state index contributed by atoms with van der Waals surface area (Å²) in [4.78, 5) is 4.36. The van der Waals surface area contributed by atoms with Gasteiger partial charge in [0.1, 0.15) is 0 Å². The van der Waals surface area contributed by atoms with Gasteiger partial charge in [-0.1, -0.05) is 11.6 Å². The number of aromatic nitrogens is 3. The monoisotopic (exact) mass is 222 g/mol. The summed E-state index contributed by atoms with van der Waals surface area (Å²) in [6, 6.07) is 4.23. The fourth-order valence-electron chi connectivity index (χ4n) is 1.65. The molecule has 4 nitrogen and oxygen atoms in total. The van der Waals surface area contributed by atoms with Crippen LogP contribution in [0.15, 0.2) is 18.3 Å². The number of rotatable bonds is 2. The Bertz CT molecular complexity index is 489. The predicted octanol–water partition coefficient (Wildman–Crippen LogP) is 2.35. The Hall–Kier alpha value is -1.29. The summed E-state index contributed by atoms with van der Waals surface area (Å²) in [5.41, 5.74) is 0.821. The van der Waals surface area contributed by atoms with Crippen LogP contribution in [0.4, 0.5) is 5.95 Å². The Kier molecular flexibility index (Phi) is 2.02. The molecule has 0 bridgehead atoms. The molecular formula is C10H11ClN4. The van der Waals surface area contributed by atoms with E-state index in [1.807, 2.05) is 12.1 Å². The van der Waals surface area contributed by atoms with E-state index < -0.39 is 0 Å². The highest BCUT2D eigenvalue weighted by Crippen LogP contribution is 2.22. The molecule has 1 N–H and O–H groups in total. The van der Waals surface area contributed by atoms with Crippen LogP contribution in [-0.4, -0.2) is 20.6 Å². The average molecular weight is 223 g/mol. The summed E-state index contributed by atoms with van der Waals surface area (Å²) in [5.74, 6) is 0.696. The average Bonchev–Trinajstić information content (AvgIpc) is 2.53. The molecule has 0 amide bonds. The van der Waals surface area contributed by atoms with Gasteiger partial charge in [0, 0.05) is 12.2 Å². The number of hydrogen-bond acceptors (Lipinski definition) is 3. The Morgan fingerprint density at radius 2 is 2.27 bits per heavy atom. The normalized spacial score (nSPS) is 16.6. The maximum Gasteiger partial charge on any atom is 0.243 e. The highest BCUT2D eigenvalue weighted by Gasteiger charge is 2.18. The van der Waals surface area contributed by atoms with Crippen molar-refractivity contribution in [2.75, 3.05) is 5.32 Å². The smallest absolute Gasteiger partial charge is 0.243 e.